The first-order chi connectivity index (χ1) is 7.81. The standard InChI is InChI=1S/C9H15N5O2/c1-16-9(15)10-6-8-11-12-13-14(8)7-4-2-3-5-7/h7H,2-6H2,1H3,(H,10,15). The maximum atomic E-state index is 10.9. The SMILES string of the molecule is COC(=O)NCc1nnnn1C1CCCC1. The van der Waals surface area contributed by atoms with Crippen LogP contribution < -0.4 is 5.32 Å². The highest BCUT2D eigenvalue weighted by atomic mass is 16.5. The number of amides is 1. The maximum absolute atomic E-state index is 10.9. The summed E-state index contributed by atoms with van der Waals surface area (Å²) in [6, 6.07) is 0.379. The second-order valence-electron chi connectivity index (χ2n) is 3.82. The fourth-order valence-electron chi connectivity index (χ4n) is 1.98. The highest BCUT2D eigenvalue weighted by Crippen LogP contribution is 2.28. The summed E-state index contributed by atoms with van der Waals surface area (Å²) in [5.74, 6) is 0.678. The number of hydrogen-bond acceptors (Lipinski definition) is 5. The molecule has 1 amide bonds. The lowest BCUT2D eigenvalue weighted by Gasteiger charge is -2.11. The lowest BCUT2D eigenvalue weighted by Crippen LogP contribution is -2.25. The molecule has 0 spiro atoms. The Hall–Kier alpha value is -1.66. The van der Waals surface area contributed by atoms with Crippen LogP contribution in [0.4, 0.5) is 4.79 Å². The fourth-order valence-corrected chi connectivity index (χ4v) is 1.98. The van der Waals surface area contributed by atoms with Gasteiger partial charge in [0.2, 0.25) is 0 Å². The number of carbonyl (C=O) groups excluding carboxylic acids is 1. The summed E-state index contributed by atoms with van der Waals surface area (Å²) >= 11 is 0. The molecule has 0 aromatic carbocycles. The number of nitrogens with zero attached hydrogens (tertiary/aromatic N) is 4. The summed E-state index contributed by atoms with van der Waals surface area (Å²) in [4.78, 5) is 10.9. The Morgan fingerprint density at radius 3 is 3.00 bits per heavy atom. The van der Waals surface area contributed by atoms with Crippen molar-refractivity contribution in [3.05, 3.63) is 5.82 Å². The van der Waals surface area contributed by atoms with Crippen LogP contribution in [-0.4, -0.2) is 33.4 Å². The molecule has 1 heterocycles. The van der Waals surface area contributed by atoms with E-state index in [4.69, 9.17) is 0 Å². The minimum atomic E-state index is -0.471. The van der Waals surface area contributed by atoms with Gasteiger partial charge in [0, 0.05) is 0 Å². The van der Waals surface area contributed by atoms with Crippen molar-refractivity contribution in [2.45, 2.75) is 38.3 Å². The van der Waals surface area contributed by atoms with Gasteiger partial charge in [-0.05, 0) is 23.3 Å². The van der Waals surface area contributed by atoms with Gasteiger partial charge in [0.1, 0.15) is 0 Å². The van der Waals surface area contributed by atoms with Crippen LogP contribution in [0.2, 0.25) is 0 Å². The Bertz CT molecular complexity index is 359. The minimum Gasteiger partial charge on any atom is -0.453 e. The van der Waals surface area contributed by atoms with E-state index in [0.717, 1.165) is 12.8 Å². The van der Waals surface area contributed by atoms with Gasteiger partial charge in [-0.25, -0.2) is 9.48 Å². The second kappa shape index (κ2) is 4.91. The molecule has 0 atom stereocenters. The molecular weight excluding hydrogens is 210 g/mol. The van der Waals surface area contributed by atoms with Gasteiger partial charge in [-0.2, -0.15) is 0 Å². The van der Waals surface area contributed by atoms with Gasteiger partial charge < -0.3 is 10.1 Å². The second-order valence-corrected chi connectivity index (χ2v) is 3.82. The highest BCUT2D eigenvalue weighted by Gasteiger charge is 2.21. The zero-order valence-corrected chi connectivity index (χ0v) is 9.22. The van der Waals surface area contributed by atoms with E-state index in [2.05, 4.69) is 25.6 Å². The molecule has 0 unspecified atom stereocenters. The van der Waals surface area contributed by atoms with Crippen molar-refractivity contribution >= 4 is 6.09 Å². The molecule has 0 radical (unpaired) electrons. The van der Waals surface area contributed by atoms with Crippen LogP contribution in [0.1, 0.15) is 37.5 Å². The molecule has 1 aromatic rings. The normalized spacial score (nSPS) is 16.3. The lowest BCUT2D eigenvalue weighted by molar-refractivity contribution is 0.170. The van der Waals surface area contributed by atoms with Crippen LogP contribution >= 0.6 is 0 Å². The van der Waals surface area contributed by atoms with E-state index in [1.165, 1.54) is 20.0 Å². The van der Waals surface area contributed by atoms with E-state index in [0.29, 0.717) is 18.4 Å². The summed E-state index contributed by atoms with van der Waals surface area (Å²) in [7, 11) is 1.33. The molecule has 16 heavy (non-hydrogen) atoms. The maximum Gasteiger partial charge on any atom is 0.407 e. The number of ether oxygens (including phenoxy) is 1. The predicted molar refractivity (Wildman–Crippen MR) is 54.6 cm³/mol. The fraction of sp³-hybridized carbons (Fsp3) is 0.778. The van der Waals surface area contributed by atoms with Crippen molar-refractivity contribution in [3.8, 4) is 0 Å². The molecule has 0 bridgehead atoms. The summed E-state index contributed by atoms with van der Waals surface area (Å²) in [5, 5.41) is 14.1. The molecule has 2 rings (SSSR count). The van der Waals surface area contributed by atoms with E-state index < -0.39 is 6.09 Å². The van der Waals surface area contributed by atoms with Crippen LogP contribution in [0.5, 0.6) is 0 Å². The quantitative estimate of drug-likeness (QED) is 0.816. The Balaban J connectivity index is 1.98. The molecule has 1 saturated carbocycles. The topological polar surface area (TPSA) is 81.9 Å². The first-order valence-electron chi connectivity index (χ1n) is 5.40. The van der Waals surface area contributed by atoms with Crippen molar-refractivity contribution in [3.63, 3.8) is 0 Å². The van der Waals surface area contributed by atoms with Crippen LogP contribution in [-0.2, 0) is 11.3 Å². The third-order valence-electron chi connectivity index (χ3n) is 2.81. The van der Waals surface area contributed by atoms with Crippen LogP contribution in [0.15, 0.2) is 0 Å². The Morgan fingerprint density at radius 1 is 1.56 bits per heavy atom. The Kier molecular flexibility index (Phi) is 3.33. The lowest BCUT2D eigenvalue weighted by atomic mass is 10.2. The van der Waals surface area contributed by atoms with Crippen LogP contribution in [0.25, 0.3) is 0 Å². The molecule has 88 valence electrons. The number of aromatic nitrogens is 4. The molecule has 7 heteroatoms. The molecule has 1 aliphatic rings. The van der Waals surface area contributed by atoms with Gasteiger partial charge in [-0.15, -0.1) is 5.10 Å². The van der Waals surface area contributed by atoms with E-state index in [1.807, 2.05) is 4.68 Å². The molecule has 1 N–H and O–H groups in total. The number of carbonyl (C=O) groups is 1. The molecule has 0 aliphatic heterocycles. The van der Waals surface area contributed by atoms with Crippen molar-refractivity contribution in [1.82, 2.24) is 25.5 Å². The first kappa shape index (κ1) is 10.8. The number of hydrogen-bond donors (Lipinski definition) is 1. The largest absolute Gasteiger partial charge is 0.453 e. The summed E-state index contributed by atoms with van der Waals surface area (Å²) in [6.07, 6.45) is 4.18. The highest BCUT2D eigenvalue weighted by molar-refractivity contribution is 5.66. The smallest absolute Gasteiger partial charge is 0.407 e. The van der Waals surface area contributed by atoms with Gasteiger partial charge in [-0.1, -0.05) is 12.8 Å². The Labute approximate surface area is 93.2 Å². The third-order valence-corrected chi connectivity index (χ3v) is 2.81. The van der Waals surface area contributed by atoms with Crippen molar-refractivity contribution in [1.29, 1.82) is 0 Å². The molecule has 7 nitrogen and oxygen atoms in total. The van der Waals surface area contributed by atoms with E-state index in [-0.39, 0.29) is 0 Å². The van der Waals surface area contributed by atoms with Gasteiger partial charge in [0.05, 0.1) is 19.7 Å². The number of alkyl carbamates (subject to hydrolysis) is 1. The van der Waals surface area contributed by atoms with Crippen molar-refractivity contribution in [2.24, 2.45) is 0 Å². The summed E-state index contributed by atoms with van der Waals surface area (Å²) in [5.41, 5.74) is 0. The van der Waals surface area contributed by atoms with Crippen molar-refractivity contribution < 1.29 is 9.53 Å². The van der Waals surface area contributed by atoms with Crippen LogP contribution in [0.3, 0.4) is 0 Å². The van der Waals surface area contributed by atoms with Crippen LogP contribution in [0, 0.1) is 0 Å². The number of methoxy groups -OCH3 is 1. The number of nitrogens with one attached hydrogen (secondary N) is 1. The average Bonchev–Trinajstić information content (AvgIpc) is 2.95. The first-order valence-corrected chi connectivity index (χ1v) is 5.40. The number of tetrazole rings is 1. The zero-order valence-electron chi connectivity index (χ0n) is 9.22. The summed E-state index contributed by atoms with van der Waals surface area (Å²) in [6.45, 7) is 0.302. The molecule has 1 fully saturated rings. The summed E-state index contributed by atoms with van der Waals surface area (Å²) < 4.78 is 6.29. The molecule has 1 aliphatic carbocycles. The van der Waals surface area contributed by atoms with Gasteiger partial charge in [0.15, 0.2) is 5.82 Å². The van der Waals surface area contributed by atoms with Gasteiger partial charge in [0.25, 0.3) is 0 Å². The molecule has 1 aromatic heterocycles. The average molecular weight is 225 g/mol. The van der Waals surface area contributed by atoms with E-state index in [9.17, 15) is 4.79 Å². The minimum absolute atomic E-state index is 0.302. The van der Waals surface area contributed by atoms with Gasteiger partial charge >= 0.3 is 6.09 Å². The monoisotopic (exact) mass is 225 g/mol. The third kappa shape index (κ3) is 2.29. The Morgan fingerprint density at radius 2 is 2.31 bits per heavy atom. The molecule has 0 saturated heterocycles. The number of rotatable bonds is 3. The zero-order chi connectivity index (χ0) is 11.4. The predicted octanol–water partition coefficient (Wildman–Crippen LogP) is 0.644. The molecular formula is C9H15N5O2. The van der Waals surface area contributed by atoms with E-state index in [1.54, 1.807) is 0 Å². The van der Waals surface area contributed by atoms with E-state index >= 15 is 0 Å². The van der Waals surface area contributed by atoms with Crippen molar-refractivity contribution in [2.75, 3.05) is 7.11 Å². The van der Waals surface area contributed by atoms with Gasteiger partial charge in [-0.3, -0.25) is 0 Å².